The molecule has 0 saturated carbocycles. The summed E-state index contributed by atoms with van der Waals surface area (Å²) in [7, 11) is 4.81. The van der Waals surface area contributed by atoms with E-state index in [1.165, 1.54) is 11.3 Å². The van der Waals surface area contributed by atoms with Crippen LogP contribution in [0.25, 0.3) is 10.6 Å². The molecule has 1 aromatic carbocycles. The van der Waals surface area contributed by atoms with E-state index in [2.05, 4.69) is 20.3 Å². The normalized spacial score (nSPS) is 10.4. The molecule has 25 heavy (non-hydrogen) atoms. The van der Waals surface area contributed by atoms with Crippen molar-refractivity contribution in [2.45, 2.75) is 6.92 Å². The molecule has 0 unspecified atom stereocenters. The third-order valence-corrected chi connectivity index (χ3v) is 4.64. The van der Waals surface area contributed by atoms with Crippen molar-refractivity contribution in [2.24, 2.45) is 0 Å². The zero-order valence-electron chi connectivity index (χ0n) is 14.4. The third-order valence-electron chi connectivity index (χ3n) is 3.49. The number of hydrogen-bond donors (Lipinski definition) is 1. The van der Waals surface area contributed by atoms with Crippen molar-refractivity contribution < 1.29 is 14.2 Å². The predicted molar refractivity (Wildman–Crippen MR) is 97.3 cm³/mol. The average Bonchev–Trinajstić information content (AvgIpc) is 3.03. The largest absolute Gasteiger partial charge is 0.497 e. The Morgan fingerprint density at radius 1 is 1.00 bits per heavy atom. The number of aromatic nitrogens is 3. The summed E-state index contributed by atoms with van der Waals surface area (Å²) in [5, 5.41) is 3.78. The van der Waals surface area contributed by atoms with Crippen molar-refractivity contribution in [3.63, 3.8) is 0 Å². The van der Waals surface area contributed by atoms with Crippen LogP contribution in [0, 0.1) is 6.92 Å². The van der Waals surface area contributed by atoms with E-state index < -0.39 is 0 Å². The summed E-state index contributed by atoms with van der Waals surface area (Å²) >= 11 is 1.45. The minimum Gasteiger partial charge on any atom is -0.497 e. The highest BCUT2D eigenvalue weighted by Crippen LogP contribution is 2.34. The van der Waals surface area contributed by atoms with E-state index in [-0.39, 0.29) is 0 Å². The van der Waals surface area contributed by atoms with Gasteiger partial charge in [0.15, 0.2) is 0 Å². The van der Waals surface area contributed by atoms with Gasteiger partial charge in [0.1, 0.15) is 11.5 Å². The van der Waals surface area contributed by atoms with Crippen molar-refractivity contribution >= 4 is 23.0 Å². The van der Waals surface area contributed by atoms with Crippen LogP contribution >= 0.6 is 11.3 Å². The topological polar surface area (TPSA) is 78.4 Å². The van der Waals surface area contributed by atoms with Gasteiger partial charge < -0.3 is 19.5 Å². The lowest BCUT2D eigenvalue weighted by Gasteiger charge is -2.11. The number of thiazole rings is 1. The molecule has 0 aliphatic rings. The number of hydrogen-bond acceptors (Lipinski definition) is 8. The molecule has 3 aromatic rings. The Kier molecular flexibility index (Phi) is 4.99. The fraction of sp³-hybridized carbons (Fsp3) is 0.235. The lowest BCUT2D eigenvalue weighted by molar-refractivity contribution is 0.395. The van der Waals surface area contributed by atoms with Gasteiger partial charge in [0, 0.05) is 12.3 Å². The molecule has 0 amide bonds. The highest BCUT2D eigenvalue weighted by Gasteiger charge is 2.13. The maximum atomic E-state index is 5.39. The first-order valence-corrected chi connectivity index (χ1v) is 8.30. The maximum absolute atomic E-state index is 5.39. The van der Waals surface area contributed by atoms with Gasteiger partial charge in [-0.2, -0.15) is 0 Å². The number of nitrogens with one attached hydrogen (secondary N) is 1. The monoisotopic (exact) mass is 358 g/mol. The molecule has 2 aromatic heterocycles. The van der Waals surface area contributed by atoms with Gasteiger partial charge in [0.25, 0.3) is 5.19 Å². The summed E-state index contributed by atoms with van der Waals surface area (Å²) in [5.41, 5.74) is 2.40. The summed E-state index contributed by atoms with van der Waals surface area (Å²) in [6.07, 6.45) is 1.70. The predicted octanol–water partition coefficient (Wildman–Crippen LogP) is 3.68. The molecule has 0 saturated heterocycles. The number of ether oxygens (including phenoxy) is 3. The van der Waals surface area contributed by atoms with Crippen LogP contribution < -0.4 is 19.5 Å². The van der Waals surface area contributed by atoms with Crippen LogP contribution in [-0.2, 0) is 0 Å². The molecule has 8 heteroatoms. The van der Waals surface area contributed by atoms with Crippen molar-refractivity contribution in [3.8, 4) is 27.3 Å². The zero-order chi connectivity index (χ0) is 17.8. The van der Waals surface area contributed by atoms with Gasteiger partial charge in [-0.25, -0.2) is 15.0 Å². The first-order valence-electron chi connectivity index (χ1n) is 7.48. The van der Waals surface area contributed by atoms with Crippen LogP contribution in [0.4, 0.5) is 11.6 Å². The first kappa shape index (κ1) is 17.0. The Labute approximate surface area is 149 Å². The molecule has 130 valence electrons. The molecule has 7 nitrogen and oxygen atoms in total. The summed E-state index contributed by atoms with van der Waals surface area (Å²) in [6.45, 7) is 1.93. The second kappa shape index (κ2) is 7.35. The molecule has 2 heterocycles. The van der Waals surface area contributed by atoms with Gasteiger partial charge in [-0.1, -0.05) is 11.3 Å². The lowest BCUT2D eigenvalue weighted by atomic mass is 10.2. The van der Waals surface area contributed by atoms with E-state index in [1.54, 1.807) is 33.6 Å². The van der Waals surface area contributed by atoms with Gasteiger partial charge in [0.05, 0.1) is 43.3 Å². The number of aryl methyl sites for hydroxylation is 1. The molecule has 0 atom stereocenters. The van der Waals surface area contributed by atoms with Gasteiger partial charge in [-0.3, -0.25) is 0 Å². The summed E-state index contributed by atoms with van der Waals surface area (Å²) < 4.78 is 15.8. The van der Waals surface area contributed by atoms with Gasteiger partial charge >= 0.3 is 0 Å². The number of anilines is 2. The summed E-state index contributed by atoms with van der Waals surface area (Å²) in [5.74, 6) is 1.82. The molecule has 0 fully saturated rings. The van der Waals surface area contributed by atoms with Crippen LogP contribution in [0.2, 0.25) is 0 Å². The lowest BCUT2D eigenvalue weighted by Crippen LogP contribution is -2.00. The van der Waals surface area contributed by atoms with E-state index in [9.17, 15) is 0 Å². The standard InChI is InChI=1S/C17H18N4O3S/c1-10-15(25-17(19-10)24-4)13-7-8-18-16(21-13)20-12-6-5-11(22-2)9-14(12)23-3/h5-9H,1-4H3,(H,18,20,21). The third kappa shape index (κ3) is 3.63. The van der Waals surface area contributed by atoms with Crippen LogP contribution in [-0.4, -0.2) is 36.3 Å². The Morgan fingerprint density at radius 2 is 1.84 bits per heavy atom. The maximum Gasteiger partial charge on any atom is 0.273 e. The van der Waals surface area contributed by atoms with Crippen molar-refractivity contribution in [3.05, 3.63) is 36.2 Å². The number of nitrogens with zero attached hydrogens (tertiary/aromatic N) is 3. The smallest absolute Gasteiger partial charge is 0.273 e. The zero-order valence-corrected chi connectivity index (χ0v) is 15.2. The summed E-state index contributed by atoms with van der Waals surface area (Å²) in [6, 6.07) is 7.34. The van der Waals surface area contributed by atoms with Crippen LogP contribution in [0.15, 0.2) is 30.5 Å². The van der Waals surface area contributed by atoms with Crippen molar-refractivity contribution in [1.82, 2.24) is 15.0 Å². The fourth-order valence-corrected chi connectivity index (χ4v) is 3.12. The molecule has 0 aliphatic heterocycles. The Morgan fingerprint density at radius 3 is 2.52 bits per heavy atom. The average molecular weight is 358 g/mol. The van der Waals surface area contributed by atoms with Crippen molar-refractivity contribution in [2.75, 3.05) is 26.6 Å². The van der Waals surface area contributed by atoms with Gasteiger partial charge in [-0.15, -0.1) is 0 Å². The molecule has 1 N–H and O–H groups in total. The van der Waals surface area contributed by atoms with Crippen molar-refractivity contribution in [1.29, 1.82) is 0 Å². The van der Waals surface area contributed by atoms with E-state index in [0.29, 0.717) is 22.6 Å². The Hall–Kier alpha value is -2.87. The van der Waals surface area contributed by atoms with E-state index in [4.69, 9.17) is 14.2 Å². The van der Waals surface area contributed by atoms with E-state index in [0.717, 1.165) is 22.0 Å². The molecule has 0 spiro atoms. The number of methoxy groups -OCH3 is 3. The van der Waals surface area contributed by atoms with E-state index in [1.807, 2.05) is 25.1 Å². The molecule has 3 rings (SSSR count). The van der Waals surface area contributed by atoms with Gasteiger partial charge in [0.2, 0.25) is 5.95 Å². The SMILES string of the molecule is COc1ccc(Nc2nccc(-c3sc(OC)nc3C)n2)c(OC)c1. The molecule has 0 aliphatic carbocycles. The minimum absolute atomic E-state index is 0.465. The number of benzene rings is 1. The van der Waals surface area contributed by atoms with Crippen LogP contribution in [0.3, 0.4) is 0 Å². The second-order valence-electron chi connectivity index (χ2n) is 5.06. The Balaban J connectivity index is 1.91. The molecule has 0 radical (unpaired) electrons. The summed E-state index contributed by atoms with van der Waals surface area (Å²) in [4.78, 5) is 14.1. The highest BCUT2D eigenvalue weighted by molar-refractivity contribution is 7.17. The number of rotatable bonds is 6. The van der Waals surface area contributed by atoms with Crippen LogP contribution in [0.1, 0.15) is 5.69 Å². The molecule has 0 bridgehead atoms. The highest BCUT2D eigenvalue weighted by atomic mass is 32.1. The molecular formula is C17H18N4O3S. The van der Waals surface area contributed by atoms with Crippen LogP contribution in [0.5, 0.6) is 16.7 Å². The van der Waals surface area contributed by atoms with E-state index >= 15 is 0 Å². The Bertz CT molecular complexity index is 882. The minimum atomic E-state index is 0.465. The fourth-order valence-electron chi connectivity index (χ4n) is 2.26. The molecular weight excluding hydrogens is 340 g/mol. The quantitative estimate of drug-likeness (QED) is 0.720. The van der Waals surface area contributed by atoms with Gasteiger partial charge in [-0.05, 0) is 25.1 Å². The first-order chi connectivity index (χ1) is 12.1. The second-order valence-corrected chi connectivity index (χ2v) is 6.02.